The molecule has 0 aromatic heterocycles. The zero-order valence-electron chi connectivity index (χ0n) is 12.0. The van der Waals surface area contributed by atoms with Gasteiger partial charge in [-0.3, -0.25) is 9.69 Å². The van der Waals surface area contributed by atoms with E-state index in [4.69, 9.17) is 4.74 Å². The molecular weight excluding hydrogens is 252 g/mol. The first kappa shape index (κ1) is 14.6. The number of benzene rings is 1. The molecule has 4 heteroatoms. The number of hydrogen-bond donors (Lipinski definition) is 1. The summed E-state index contributed by atoms with van der Waals surface area (Å²) in [4.78, 5) is 13.9. The third-order valence-corrected chi connectivity index (χ3v) is 3.30. The molecule has 1 saturated heterocycles. The minimum atomic E-state index is -0.265. The lowest BCUT2D eigenvalue weighted by Gasteiger charge is -2.26. The number of amides is 1. The fourth-order valence-corrected chi connectivity index (χ4v) is 2.19. The highest BCUT2D eigenvalue weighted by Gasteiger charge is 2.11. The number of aryl methyl sites for hydroxylation is 1. The molecule has 1 amide bonds. The molecule has 1 aromatic rings. The van der Waals surface area contributed by atoms with E-state index in [9.17, 15) is 4.79 Å². The van der Waals surface area contributed by atoms with Gasteiger partial charge in [0.2, 0.25) is 0 Å². The first-order valence-corrected chi connectivity index (χ1v) is 6.82. The summed E-state index contributed by atoms with van der Waals surface area (Å²) in [5.41, 5.74) is 3.07. The first-order chi connectivity index (χ1) is 9.69. The molecular formula is C16H20N2O2. The minimum absolute atomic E-state index is 0.265. The van der Waals surface area contributed by atoms with Gasteiger partial charge in [0.15, 0.2) is 0 Å². The average Bonchev–Trinajstić information content (AvgIpc) is 2.44. The maximum atomic E-state index is 11.6. The lowest BCUT2D eigenvalue weighted by Crippen LogP contribution is -2.35. The van der Waals surface area contributed by atoms with Gasteiger partial charge in [-0.2, -0.15) is 0 Å². The minimum Gasteiger partial charge on any atom is -0.379 e. The van der Waals surface area contributed by atoms with Gasteiger partial charge < -0.3 is 10.1 Å². The fourth-order valence-electron chi connectivity index (χ4n) is 2.19. The van der Waals surface area contributed by atoms with Crippen LogP contribution in [0.25, 0.3) is 0 Å². The van der Waals surface area contributed by atoms with Crippen LogP contribution in [0, 0.1) is 18.8 Å². The molecule has 1 N–H and O–H groups in total. The predicted molar refractivity (Wildman–Crippen MR) is 79.4 cm³/mol. The normalized spacial score (nSPS) is 15.3. The highest BCUT2D eigenvalue weighted by molar-refractivity contribution is 6.04. The number of rotatable bonds is 3. The molecule has 0 spiro atoms. The van der Waals surface area contributed by atoms with Gasteiger partial charge in [-0.25, -0.2) is 0 Å². The Bertz CT molecular complexity index is 537. The van der Waals surface area contributed by atoms with Gasteiger partial charge in [0.1, 0.15) is 0 Å². The number of nitrogens with one attached hydrogen (secondary N) is 1. The summed E-state index contributed by atoms with van der Waals surface area (Å²) in [6.07, 6.45) is 0. The van der Waals surface area contributed by atoms with Crippen molar-refractivity contribution in [2.45, 2.75) is 20.4 Å². The smallest absolute Gasteiger partial charge is 0.300 e. The quantitative estimate of drug-likeness (QED) is 0.853. The van der Waals surface area contributed by atoms with Gasteiger partial charge in [0.05, 0.1) is 13.2 Å². The third-order valence-electron chi connectivity index (χ3n) is 3.30. The zero-order chi connectivity index (χ0) is 14.4. The lowest BCUT2D eigenvalue weighted by atomic mass is 10.1. The molecule has 0 unspecified atom stereocenters. The van der Waals surface area contributed by atoms with E-state index in [0.717, 1.165) is 44.1 Å². The Labute approximate surface area is 120 Å². The highest BCUT2D eigenvalue weighted by atomic mass is 16.5. The number of hydrogen-bond acceptors (Lipinski definition) is 3. The lowest BCUT2D eigenvalue weighted by molar-refractivity contribution is -0.111. The van der Waals surface area contributed by atoms with E-state index in [1.165, 1.54) is 5.56 Å². The highest BCUT2D eigenvalue weighted by Crippen LogP contribution is 2.18. The molecule has 20 heavy (non-hydrogen) atoms. The second-order valence-corrected chi connectivity index (χ2v) is 4.87. The molecule has 4 nitrogen and oxygen atoms in total. The van der Waals surface area contributed by atoms with Gasteiger partial charge in [0.25, 0.3) is 5.91 Å². The van der Waals surface area contributed by atoms with E-state index in [1.807, 2.05) is 19.1 Å². The first-order valence-electron chi connectivity index (χ1n) is 6.82. The summed E-state index contributed by atoms with van der Waals surface area (Å²) in [7, 11) is 0. The van der Waals surface area contributed by atoms with Crippen LogP contribution in [-0.4, -0.2) is 37.1 Å². The summed E-state index contributed by atoms with van der Waals surface area (Å²) in [5, 5.41) is 2.83. The standard InChI is InChI=1S/C16H20N2O2/c1-3-4-16(19)17-15-11-14(6-5-13(15)2)12-18-7-9-20-10-8-18/h5-6,11H,7-10,12H2,1-2H3,(H,17,19). The Morgan fingerprint density at radius 1 is 1.40 bits per heavy atom. The van der Waals surface area contributed by atoms with Crippen LogP contribution in [0.2, 0.25) is 0 Å². The topological polar surface area (TPSA) is 41.6 Å². The molecule has 2 rings (SSSR count). The summed E-state index contributed by atoms with van der Waals surface area (Å²) in [6.45, 7) is 8.01. The largest absolute Gasteiger partial charge is 0.379 e. The Morgan fingerprint density at radius 2 is 2.15 bits per heavy atom. The van der Waals surface area contributed by atoms with Crippen LogP contribution in [0.5, 0.6) is 0 Å². The molecule has 0 radical (unpaired) electrons. The van der Waals surface area contributed by atoms with Crippen molar-refractivity contribution in [3.05, 3.63) is 29.3 Å². The Balaban J connectivity index is 2.06. The van der Waals surface area contributed by atoms with E-state index in [0.29, 0.717) is 0 Å². The van der Waals surface area contributed by atoms with Gasteiger partial charge in [-0.15, -0.1) is 0 Å². The van der Waals surface area contributed by atoms with Crippen LogP contribution < -0.4 is 5.32 Å². The Hall–Kier alpha value is -1.83. The van der Waals surface area contributed by atoms with Crippen molar-refractivity contribution in [2.75, 3.05) is 31.6 Å². The van der Waals surface area contributed by atoms with E-state index < -0.39 is 0 Å². The maximum Gasteiger partial charge on any atom is 0.300 e. The van der Waals surface area contributed by atoms with Gasteiger partial charge in [0, 0.05) is 25.3 Å². The monoisotopic (exact) mass is 272 g/mol. The van der Waals surface area contributed by atoms with Crippen LogP contribution in [0.3, 0.4) is 0 Å². The summed E-state index contributed by atoms with van der Waals surface area (Å²) in [5.74, 6) is 4.83. The molecule has 0 atom stereocenters. The van der Waals surface area contributed by atoms with Crippen LogP contribution in [-0.2, 0) is 16.1 Å². The van der Waals surface area contributed by atoms with E-state index >= 15 is 0 Å². The van der Waals surface area contributed by atoms with Crippen molar-refractivity contribution in [3.63, 3.8) is 0 Å². The number of carbonyl (C=O) groups excluding carboxylic acids is 1. The third kappa shape index (κ3) is 4.09. The molecule has 0 bridgehead atoms. The number of morpholine rings is 1. The molecule has 1 aliphatic heterocycles. The second kappa shape index (κ2) is 7.09. The van der Waals surface area contributed by atoms with Crippen molar-refractivity contribution in [1.29, 1.82) is 0 Å². The van der Waals surface area contributed by atoms with Crippen molar-refractivity contribution in [1.82, 2.24) is 4.90 Å². The van der Waals surface area contributed by atoms with E-state index in [-0.39, 0.29) is 5.91 Å². The van der Waals surface area contributed by atoms with E-state index in [2.05, 4.69) is 28.1 Å². The molecule has 0 aliphatic carbocycles. The number of anilines is 1. The van der Waals surface area contributed by atoms with Gasteiger partial charge in [-0.05, 0) is 37.0 Å². The second-order valence-electron chi connectivity index (χ2n) is 4.87. The molecule has 1 fully saturated rings. The van der Waals surface area contributed by atoms with Crippen LogP contribution >= 0.6 is 0 Å². The van der Waals surface area contributed by atoms with Gasteiger partial charge in [-0.1, -0.05) is 18.1 Å². The van der Waals surface area contributed by atoms with Crippen molar-refractivity contribution >= 4 is 11.6 Å². The number of carbonyl (C=O) groups is 1. The van der Waals surface area contributed by atoms with Crippen LogP contribution in [0.4, 0.5) is 5.69 Å². The van der Waals surface area contributed by atoms with Crippen molar-refractivity contribution in [3.8, 4) is 11.8 Å². The predicted octanol–water partition coefficient (Wildman–Crippen LogP) is 1.79. The average molecular weight is 272 g/mol. The molecule has 0 saturated carbocycles. The Kier molecular flexibility index (Phi) is 5.16. The summed E-state index contributed by atoms with van der Waals surface area (Å²) < 4.78 is 5.35. The SMILES string of the molecule is CC#CC(=O)Nc1cc(CN2CCOCC2)ccc1C. The summed E-state index contributed by atoms with van der Waals surface area (Å²) >= 11 is 0. The molecule has 1 aliphatic rings. The number of nitrogens with zero attached hydrogens (tertiary/aromatic N) is 1. The summed E-state index contributed by atoms with van der Waals surface area (Å²) in [6, 6.07) is 6.16. The zero-order valence-corrected chi connectivity index (χ0v) is 12.0. The van der Waals surface area contributed by atoms with Crippen LogP contribution in [0.15, 0.2) is 18.2 Å². The van der Waals surface area contributed by atoms with Crippen molar-refractivity contribution < 1.29 is 9.53 Å². The fraction of sp³-hybridized carbons (Fsp3) is 0.438. The Morgan fingerprint density at radius 3 is 2.85 bits per heavy atom. The maximum absolute atomic E-state index is 11.6. The van der Waals surface area contributed by atoms with Gasteiger partial charge >= 0.3 is 0 Å². The van der Waals surface area contributed by atoms with E-state index in [1.54, 1.807) is 6.92 Å². The molecule has 106 valence electrons. The van der Waals surface area contributed by atoms with Crippen molar-refractivity contribution in [2.24, 2.45) is 0 Å². The number of ether oxygens (including phenoxy) is 1. The molecule has 1 aromatic carbocycles. The molecule has 1 heterocycles. The van der Waals surface area contributed by atoms with Crippen LogP contribution in [0.1, 0.15) is 18.1 Å².